The van der Waals surface area contributed by atoms with E-state index in [1.807, 2.05) is 12.1 Å². The Morgan fingerprint density at radius 1 is 1.47 bits per heavy atom. The second-order valence-electron chi connectivity index (χ2n) is 3.41. The largest absolute Gasteiger partial charge is 0.507 e. The van der Waals surface area contributed by atoms with Crippen LogP contribution in [-0.2, 0) is 0 Å². The molecule has 0 unspecified atom stereocenters. The first kappa shape index (κ1) is 11.5. The Hall–Kier alpha value is -1.57. The summed E-state index contributed by atoms with van der Waals surface area (Å²) in [5.41, 5.74) is 1.74. The molecule has 1 aromatic rings. The van der Waals surface area contributed by atoms with Gasteiger partial charge in [0.25, 0.3) is 0 Å². The highest BCUT2D eigenvalue weighted by Crippen LogP contribution is 2.17. The third kappa shape index (κ3) is 3.58. The molecule has 1 N–H and O–H groups in total. The van der Waals surface area contributed by atoms with Gasteiger partial charge in [0.05, 0.1) is 0 Å². The quantitative estimate of drug-likeness (QED) is 0.578. The van der Waals surface area contributed by atoms with Gasteiger partial charge < -0.3 is 5.11 Å². The number of aromatic hydroxyl groups is 1. The Bertz CT molecular complexity index is 356. The lowest BCUT2D eigenvalue weighted by atomic mass is 10.1. The maximum atomic E-state index is 9.56. The predicted octanol–water partition coefficient (Wildman–Crippen LogP) is 3.25. The SMILES string of the molecule is C=Cc1ccc(O)c(/C=N/CCCC)c1. The van der Waals surface area contributed by atoms with E-state index in [1.165, 1.54) is 0 Å². The average Bonchev–Trinajstić information content (AvgIpc) is 2.26. The van der Waals surface area contributed by atoms with E-state index in [4.69, 9.17) is 0 Å². The third-order valence-corrected chi connectivity index (χ3v) is 2.16. The van der Waals surface area contributed by atoms with Crippen LogP contribution in [0.25, 0.3) is 6.08 Å². The van der Waals surface area contributed by atoms with E-state index in [-0.39, 0.29) is 5.75 Å². The molecule has 0 saturated heterocycles. The first-order valence-electron chi connectivity index (χ1n) is 5.23. The summed E-state index contributed by atoms with van der Waals surface area (Å²) in [6, 6.07) is 5.36. The number of aliphatic imine (C=N–C) groups is 1. The van der Waals surface area contributed by atoms with Crippen molar-refractivity contribution in [3.63, 3.8) is 0 Å². The van der Waals surface area contributed by atoms with Crippen LogP contribution >= 0.6 is 0 Å². The molecule has 0 aliphatic carbocycles. The average molecular weight is 203 g/mol. The van der Waals surface area contributed by atoms with Crippen LogP contribution < -0.4 is 0 Å². The molecule has 0 bridgehead atoms. The zero-order valence-electron chi connectivity index (χ0n) is 9.11. The first-order chi connectivity index (χ1) is 7.27. The summed E-state index contributed by atoms with van der Waals surface area (Å²) in [5.74, 6) is 0.265. The van der Waals surface area contributed by atoms with Crippen LogP contribution in [-0.4, -0.2) is 17.9 Å². The number of phenols is 1. The minimum absolute atomic E-state index is 0.265. The molecular formula is C13H17NO. The second-order valence-corrected chi connectivity index (χ2v) is 3.41. The highest BCUT2D eigenvalue weighted by atomic mass is 16.3. The smallest absolute Gasteiger partial charge is 0.124 e. The van der Waals surface area contributed by atoms with Gasteiger partial charge in [-0.05, 0) is 24.1 Å². The zero-order valence-corrected chi connectivity index (χ0v) is 9.11. The molecule has 0 spiro atoms. The fourth-order valence-electron chi connectivity index (χ4n) is 1.22. The number of benzene rings is 1. The minimum Gasteiger partial charge on any atom is -0.507 e. The van der Waals surface area contributed by atoms with Gasteiger partial charge >= 0.3 is 0 Å². The highest BCUT2D eigenvalue weighted by Gasteiger charge is 1.97. The molecule has 0 saturated carbocycles. The molecule has 0 heterocycles. The maximum absolute atomic E-state index is 9.56. The van der Waals surface area contributed by atoms with E-state index in [0.29, 0.717) is 0 Å². The Kier molecular flexibility index (Phi) is 4.61. The van der Waals surface area contributed by atoms with E-state index in [2.05, 4.69) is 18.5 Å². The molecule has 0 aliphatic heterocycles. The van der Waals surface area contributed by atoms with Gasteiger partial charge in [0.2, 0.25) is 0 Å². The molecular weight excluding hydrogens is 186 g/mol. The van der Waals surface area contributed by atoms with Crippen molar-refractivity contribution in [3.8, 4) is 5.75 Å². The van der Waals surface area contributed by atoms with E-state index in [0.717, 1.165) is 30.5 Å². The fourth-order valence-corrected chi connectivity index (χ4v) is 1.22. The Morgan fingerprint density at radius 2 is 2.27 bits per heavy atom. The predicted molar refractivity (Wildman–Crippen MR) is 65.6 cm³/mol. The molecule has 0 aromatic heterocycles. The summed E-state index contributed by atoms with van der Waals surface area (Å²) in [5, 5.41) is 9.56. The van der Waals surface area contributed by atoms with Gasteiger partial charge in [-0.25, -0.2) is 0 Å². The summed E-state index contributed by atoms with van der Waals surface area (Å²) in [6.07, 6.45) is 5.69. The number of hydrogen-bond donors (Lipinski definition) is 1. The van der Waals surface area contributed by atoms with Gasteiger partial charge in [0, 0.05) is 18.3 Å². The van der Waals surface area contributed by atoms with Gasteiger partial charge in [0.15, 0.2) is 0 Å². The first-order valence-corrected chi connectivity index (χ1v) is 5.23. The molecule has 0 amide bonds. The molecule has 15 heavy (non-hydrogen) atoms. The van der Waals surface area contributed by atoms with Crippen molar-refractivity contribution >= 4 is 12.3 Å². The molecule has 0 radical (unpaired) electrons. The monoisotopic (exact) mass is 203 g/mol. The van der Waals surface area contributed by atoms with Crippen LogP contribution in [0.1, 0.15) is 30.9 Å². The van der Waals surface area contributed by atoms with Crippen LogP contribution in [0.5, 0.6) is 5.75 Å². The standard InChI is InChI=1S/C13H17NO/c1-3-5-8-14-10-12-9-11(4-2)6-7-13(12)15/h4,6-7,9-10,15H,2-3,5,8H2,1H3/b14-10+. The molecule has 0 atom stereocenters. The maximum Gasteiger partial charge on any atom is 0.124 e. The van der Waals surface area contributed by atoms with Crippen LogP contribution in [0, 0.1) is 0 Å². The van der Waals surface area contributed by atoms with Gasteiger partial charge in [0.1, 0.15) is 5.75 Å². The van der Waals surface area contributed by atoms with Gasteiger partial charge in [-0.3, -0.25) is 4.99 Å². The highest BCUT2D eigenvalue weighted by molar-refractivity contribution is 5.84. The number of unbranched alkanes of at least 4 members (excludes halogenated alkanes) is 1. The summed E-state index contributed by atoms with van der Waals surface area (Å²) in [6.45, 7) is 6.63. The minimum atomic E-state index is 0.265. The molecule has 2 nitrogen and oxygen atoms in total. The van der Waals surface area contributed by atoms with E-state index in [1.54, 1.807) is 18.4 Å². The lowest BCUT2D eigenvalue weighted by Crippen LogP contribution is -1.86. The van der Waals surface area contributed by atoms with Crippen LogP contribution in [0.15, 0.2) is 29.8 Å². The van der Waals surface area contributed by atoms with Crippen molar-refractivity contribution in [3.05, 3.63) is 35.9 Å². The van der Waals surface area contributed by atoms with Crippen molar-refractivity contribution in [1.29, 1.82) is 0 Å². The Labute approximate surface area is 91.0 Å². The molecule has 2 heteroatoms. The van der Waals surface area contributed by atoms with Crippen molar-refractivity contribution in [2.24, 2.45) is 4.99 Å². The van der Waals surface area contributed by atoms with Crippen LogP contribution in [0.3, 0.4) is 0 Å². The van der Waals surface area contributed by atoms with Crippen molar-refractivity contribution in [1.82, 2.24) is 0 Å². The van der Waals surface area contributed by atoms with E-state index >= 15 is 0 Å². The van der Waals surface area contributed by atoms with E-state index < -0.39 is 0 Å². The molecule has 1 aromatic carbocycles. The summed E-state index contributed by atoms with van der Waals surface area (Å²) >= 11 is 0. The summed E-state index contributed by atoms with van der Waals surface area (Å²) in [4.78, 5) is 4.25. The third-order valence-electron chi connectivity index (χ3n) is 2.16. The molecule has 80 valence electrons. The number of hydrogen-bond acceptors (Lipinski definition) is 2. The lowest BCUT2D eigenvalue weighted by molar-refractivity contribution is 0.474. The van der Waals surface area contributed by atoms with Crippen molar-refractivity contribution < 1.29 is 5.11 Å². The fraction of sp³-hybridized carbons (Fsp3) is 0.308. The number of nitrogens with zero attached hydrogens (tertiary/aromatic N) is 1. The second kappa shape index (κ2) is 6.02. The van der Waals surface area contributed by atoms with Crippen molar-refractivity contribution in [2.45, 2.75) is 19.8 Å². The van der Waals surface area contributed by atoms with Crippen LogP contribution in [0.4, 0.5) is 0 Å². The van der Waals surface area contributed by atoms with Gasteiger partial charge in [-0.15, -0.1) is 0 Å². The number of phenolic OH excluding ortho intramolecular Hbond substituents is 1. The molecule has 0 fully saturated rings. The van der Waals surface area contributed by atoms with Gasteiger partial charge in [-0.1, -0.05) is 32.1 Å². The lowest BCUT2D eigenvalue weighted by Gasteiger charge is -2.00. The van der Waals surface area contributed by atoms with Gasteiger partial charge in [-0.2, -0.15) is 0 Å². The summed E-state index contributed by atoms with van der Waals surface area (Å²) in [7, 11) is 0. The van der Waals surface area contributed by atoms with E-state index in [9.17, 15) is 5.11 Å². The Balaban J connectivity index is 2.74. The van der Waals surface area contributed by atoms with Crippen LogP contribution in [0.2, 0.25) is 0 Å². The molecule has 1 rings (SSSR count). The normalized spacial score (nSPS) is 10.7. The number of rotatable bonds is 5. The molecule has 0 aliphatic rings. The zero-order chi connectivity index (χ0) is 11.1. The van der Waals surface area contributed by atoms with Crippen molar-refractivity contribution in [2.75, 3.05) is 6.54 Å². The topological polar surface area (TPSA) is 32.6 Å². The summed E-state index contributed by atoms with van der Waals surface area (Å²) < 4.78 is 0. The Morgan fingerprint density at radius 3 is 2.93 bits per heavy atom.